The zero-order valence-electron chi connectivity index (χ0n) is 14.4. The van der Waals surface area contributed by atoms with Crippen LogP contribution in [0.4, 0.5) is 5.69 Å². The number of nitrogens with zero attached hydrogens (tertiary/aromatic N) is 2. The van der Waals surface area contributed by atoms with Gasteiger partial charge in [0.1, 0.15) is 11.8 Å². The number of para-hydroxylation sites is 1. The third kappa shape index (κ3) is 4.79. The Morgan fingerprint density at radius 1 is 1.25 bits per heavy atom. The highest BCUT2D eigenvalue weighted by molar-refractivity contribution is 6.40. The van der Waals surface area contributed by atoms with Gasteiger partial charge in [0.25, 0.3) is 5.91 Å². The van der Waals surface area contributed by atoms with Gasteiger partial charge in [0.2, 0.25) is 5.91 Å². The number of rotatable bonds is 6. The zero-order valence-corrected chi connectivity index (χ0v) is 14.4. The van der Waals surface area contributed by atoms with E-state index in [0.717, 1.165) is 5.69 Å². The first-order valence-electron chi connectivity index (χ1n) is 8.02. The van der Waals surface area contributed by atoms with Crippen LogP contribution in [0.15, 0.2) is 35.4 Å². The van der Waals surface area contributed by atoms with Crippen molar-refractivity contribution in [2.45, 2.75) is 38.8 Å². The summed E-state index contributed by atoms with van der Waals surface area (Å²) in [7, 11) is 0. The molecule has 0 spiro atoms. The first kappa shape index (κ1) is 17.9. The lowest BCUT2D eigenvalue weighted by molar-refractivity contribution is -0.119. The summed E-state index contributed by atoms with van der Waals surface area (Å²) in [6, 6.07) is 8.58. The zero-order chi connectivity index (χ0) is 17.7. The van der Waals surface area contributed by atoms with Crippen LogP contribution in [0.3, 0.4) is 0 Å². The van der Waals surface area contributed by atoms with Crippen molar-refractivity contribution in [3.8, 4) is 0 Å². The molecular formula is C17H25N5O2. The number of amides is 2. The van der Waals surface area contributed by atoms with Crippen LogP contribution in [0.5, 0.6) is 0 Å². The van der Waals surface area contributed by atoms with E-state index < -0.39 is 11.9 Å². The monoisotopic (exact) mass is 331 g/mol. The molecule has 4 N–H and O–H groups in total. The lowest BCUT2D eigenvalue weighted by Gasteiger charge is -2.20. The lowest BCUT2D eigenvalue weighted by Crippen LogP contribution is -2.43. The van der Waals surface area contributed by atoms with Gasteiger partial charge in [-0.3, -0.25) is 14.6 Å². The number of carbonyl (C=O) groups is 2. The Balaban J connectivity index is 2.00. The fraction of sp³-hybridized carbons (Fsp3) is 0.471. The van der Waals surface area contributed by atoms with Crippen molar-refractivity contribution < 1.29 is 9.59 Å². The molecule has 1 aliphatic rings. The molecule has 0 radical (unpaired) electrons. The molecule has 1 aromatic rings. The normalized spacial score (nSPS) is 17.5. The van der Waals surface area contributed by atoms with Crippen LogP contribution >= 0.6 is 0 Å². The van der Waals surface area contributed by atoms with Crippen molar-refractivity contribution in [2.24, 2.45) is 10.8 Å². The Morgan fingerprint density at radius 3 is 2.50 bits per heavy atom. The first-order chi connectivity index (χ1) is 11.3. The molecular weight excluding hydrogens is 306 g/mol. The molecule has 1 heterocycles. The predicted molar refractivity (Wildman–Crippen MR) is 94.7 cm³/mol. The summed E-state index contributed by atoms with van der Waals surface area (Å²) < 4.78 is 0. The van der Waals surface area contributed by atoms with E-state index in [4.69, 9.17) is 5.73 Å². The van der Waals surface area contributed by atoms with Gasteiger partial charge in [-0.15, -0.1) is 0 Å². The minimum absolute atomic E-state index is 0.00320. The summed E-state index contributed by atoms with van der Waals surface area (Å²) in [5, 5.41) is 11.9. The maximum atomic E-state index is 12.3. The van der Waals surface area contributed by atoms with E-state index >= 15 is 0 Å². The smallest absolute Gasteiger partial charge is 0.267 e. The largest absolute Gasteiger partial charge is 0.368 e. The second kappa shape index (κ2) is 7.44. The molecule has 0 saturated heterocycles. The van der Waals surface area contributed by atoms with Crippen molar-refractivity contribution >= 4 is 23.2 Å². The second-order valence-corrected chi connectivity index (χ2v) is 6.78. The van der Waals surface area contributed by atoms with Crippen LogP contribution in [-0.4, -0.2) is 42.2 Å². The van der Waals surface area contributed by atoms with Gasteiger partial charge < -0.3 is 16.4 Å². The number of nitrogens with one attached hydrogen (secondary N) is 2. The average Bonchev–Trinajstić information content (AvgIpc) is 2.97. The molecule has 0 saturated carbocycles. The predicted octanol–water partition coefficient (Wildman–Crippen LogP) is 0.611. The average molecular weight is 331 g/mol. The van der Waals surface area contributed by atoms with Gasteiger partial charge in [-0.25, -0.2) is 0 Å². The van der Waals surface area contributed by atoms with Crippen LogP contribution in [0.25, 0.3) is 0 Å². The molecule has 1 aliphatic heterocycles. The van der Waals surface area contributed by atoms with Crippen LogP contribution in [-0.2, 0) is 9.59 Å². The molecule has 7 heteroatoms. The number of hydrogen-bond acceptors (Lipinski definition) is 5. The van der Waals surface area contributed by atoms with E-state index in [0.29, 0.717) is 18.8 Å². The van der Waals surface area contributed by atoms with Gasteiger partial charge in [0.15, 0.2) is 0 Å². The molecule has 1 atom stereocenters. The summed E-state index contributed by atoms with van der Waals surface area (Å²) in [5.74, 6) is -0.768. The number of hydrazone groups is 1. The third-order valence-electron chi connectivity index (χ3n) is 3.59. The number of hydrogen-bond donors (Lipinski definition) is 3. The van der Waals surface area contributed by atoms with E-state index in [9.17, 15) is 9.59 Å². The Kier molecular flexibility index (Phi) is 5.56. The van der Waals surface area contributed by atoms with Gasteiger partial charge in [0.05, 0.1) is 5.69 Å². The van der Waals surface area contributed by atoms with Crippen molar-refractivity contribution in [1.29, 1.82) is 0 Å². The molecule has 0 aliphatic carbocycles. The molecule has 0 fully saturated rings. The van der Waals surface area contributed by atoms with Crippen molar-refractivity contribution in [3.63, 3.8) is 0 Å². The number of anilines is 1. The summed E-state index contributed by atoms with van der Waals surface area (Å²) >= 11 is 0. The van der Waals surface area contributed by atoms with Gasteiger partial charge >= 0.3 is 0 Å². The second-order valence-electron chi connectivity index (χ2n) is 6.78. The minimum Gasteiger partial charge on any atom is -0.368 e. The first-order valence-corrected chi connectivity index (χ1v) is 8.02. The van der Waals surface area contributed by atoms with Gasteiger partial charge in [0, 0.05) is 25.0 Å². The number of primary amides is 1. The Labute approximate surface area is 142 Å². The van der Waals surface area contributed by atoms with Gasteiger partial charge in [-0.2, -0.15) is 5.10 Å². The highest BCUT2D eigenvalue weighted by atomic mass is 16.2. The van der Waals surface area contributed by atoms with E-state index in [-0.39, 0.29) is 17.9 Å². The number of carbonyl (C=O) groups excluding carboxylic acids is 2. The summed E-state index contributed by atoms with van der Waals surface area (Å²) in [4.78, 5) is 24.0. The lowest BCUT2D eigenvalue weighted by atomic mass is 10.1. The topological polar surface area (TPSA) is 99.8 Å². The minimum atomic E-state index is -0.638. The molecule has 1 aromatic carbocycles. The van der Waals surface area contributed by atoms with Crippen LogP contribution < -0.4 is 21.4 Å². The van der Waals surface area contributed by atoms with Gasteiger partial charge in [-0.1, -0.05) is 18.2 Å². The molecule has 1 unspecified atom stereocenters. The maximum Gasteiger partial charge on any atom is 0.267 e. The fourth-order valence-corrected chi connectivity index (χ4v) is 2.40. The Hall–Kier alpha value is -2.41. The van der Waals surface area contributed by atoms with E-state index in [1.165, 1.54) is 5.01 Å². The van der Waals surface area contributed by atoms with E-state index in [2.05, 4.69) is 36.5 Å². The van der Waals surface area contributed by atoms with Crippen molar-refractivity contribution in [1.82, 2.24) is 10.6 Å². The van der Waals surface area contributed by atoms with Gasteiger partial charge in [-0.05, 0) is 32.9 Å². The molecule has 0 bridgehead atoms. The van der Waals surface area contributed by atoms with Crippen LogP contribution in [0.2, 0.25) is 0 Å². The van der Waals surface area contributed by atoms with E-state index in [1.807, 2.05) is 30.3 Å². The van der Waals surface area contributed by atoms with Crippen molar-refractivity contribution in [3.05, 3.63) is 30.3 Å². The SMILES string of the molecule is CC(C)(C)NCCNC(=O)C1=NN(c2ccccc2)C(C(N)=O)C1. The Bertz CT molecular complexity index is 622. The number of benzene rings is 1. The van der Waals surface area contributed by atoms with Crippen molar-refractivity contribution in [2.75, 3.05) is 18.1 Å². The number of nitrogens with two attached hydrogens (primary N) is 1. The molecule has 7 nitrogen and oxygen atoms in total. The Morgan fingerprint density at radius 2 is 1.92 bits per heavy atom. The highest BCUT2D eigenvalue weighted by Crippen LogP contribution is 2.24. The molecule has 0 aromatic heterocycles. The molecule has 24 heavy (non-hydrogen) atoms. The quantitative estimate of drug-likeness (QED) is 0.665. The summed E-state index contributed by atoms with van der Waals surface area (Å²) in [6.45, 7) is 7.33. The molecule has 2 amide bonds. The maximum absolute atomic E-state index is 12.3. The summed E-state index contributed by atoms with van der Waals surface area (Å²) in [6.07, 6.45) is 0.211. The van der Waals surface area contributed by atoms with E-state index in [1.54, 1.807) is 0 Å². The highest BCUT2D eigenvalue weighted by Gasteiger charge is 2.34. The molecule has 130 valence electrons. The standard InChI is InChI=1S/C17H25N5O2/c1-17(2,3)20-10-9-19-16(24)13-11-14(15(18)23)22(21-13)12-7-5-4-6-8-12/h4-8,14,20H,9-11H2,1-3H3,(H2,18,23)(H,19,24). The molecule has 2 rings (SSSR count). The fourth-order valence-electron chi connectivity index (χ4n) is 2.40. The summed E-state index contributed by atoms with van der Waals surface area (Å²) in [5.41, 5.74) is 6.51. The third-order valence-corrected chi connectivity index (χ3v) is 3.59. The van der Waals surface area contributed by atoms with Crippen LogP contribution in [0, 0.1) is 0 Å². The van der Waals surface area contributed by atoms with Crippen LogP contribution in [0.1, 0.15) is 27.2 Å².